The third-order valence-corrected chi connectivity index (χ3v) is 5.19. The third kappa shape index (κ3) is 4.39. The van der Waals surface area contributed by atoms with Gasteiger partial charge in [-0.2, -0.15) is 0 Å². The van der Waals surface area contributed by atoms with E-state index < -0.39 is 18.1 Å². The molecule has 2 aromatic rings. The molecule has 6 nitrogen and oxygen atoms in total. The van der Waals surface area contributed by atoms with Crippen molar-refractivity contribution in [2.24, 2.45) is 5.73 Å². The highest BCUT2D eigenvalue weighted by atomic mass is 16.4. The molecule has 0 spiro atoms. The quantitative estimate of drug-likeness (QED) is 0.622. The van der Waals surface area contributed by atoms with Crippen molar-refractivity contribution in [2.45, 2.75) is 44.2 Å². The number of carbonyl (C=O) groups is 2. The van der Waals surface area contributed by atoms with Gasteiger partial charge in [-0.05, 0) is 50.1 Å². The molecule has 0 radical (unpaired) electrons. The van der Waals surface area contributed by atoms with Crippen LogP contribution in [0.4, 0.5) is 5.69 Å². The summed E-state index contributed by atoms with van der Waals surface area (Å²) in [6, 6.07) is 12.8. The maximum atomic E-state index is 13.2. The molecule has 1 aliphatic rings. The first-order chi connectivity index (χ1) is 13.1. The predicted molar refractivity (Wildman–Crippen MR) is 107 cm³/mol. The highest BCUT2D eigenvalue weighted by Gasteiger charge is 2.37. The van der Waals surface area contributed by atoms with Gasteiger partial charge in [-0.3, -0.25) is 4.79 Å². The number of aliphatic carboxylic acids is 1. The van der Waals surface area contributed by atoms with E-state index in [9.17, 15) is 14.7 Å². The smallest absolute Gasteiger partial charge is 0.326 e. The van der Waals surface area contributed by atoms with E-state index in [2.05, 4.69) is 5.32 Å². The number of unbranched alkanes of at least 4 members (excludes halogenated alkanes) is 1. The molecule has 0 aliphatic carbocycles. The number of amides is 1. The minimum Gasteiger partial charge on any atom is -0.480 e. The fourth-order valence-corrected chi connectivity index (χ4v) is 3.78. The Balaban J connectivity index is 1.84. The van der Waals surface area contributed by atoms with E-state index in [1.54, 1.807) is 0 Å². The Labute approximate surface area is 159 Å². The van der Waals surface area contributed by atoms with Gasteiger partial charge in [0.1, 0.15) is 12.1 Å². The Morgan fingerprint density at radius 1 is 1.19 bits per heavy atom. The van der Waals surface area contributed by atoms with Gasteiger partial charge in [0.05, 0.1) is 0 Å². The number of likely N-dealkylation sites (tertiary alicyclic amines) is 1. The van der Waals surface area contributed by atoms with Crippen LogP contribution in [0.3, 0.4) is 0 Å². The average Bonchev–Trinajstić information content (AvgIpc) is 3.17. The Morgan fingerprint density at radius 2 is 1.96 bits per heavy atom. The fourth-order valence-electron chi connectivity index (χ4n) is 3.78. The van der Waals surface area contributed by atoms with Crippen molar-refractivity contribution in [2.75, 3.05) is 18.4 Å². The lowest BCUT2D eigenvalue weighted by atomic mass is 10.0. The van der Waals surface area contributed by atoms with Gasteiger partial charge in [-0.15, -0.1) is 0 Å². The number of nitrogens with one attached hydrogen (secondary N) is 1. The van der Waals surface area contributed by atoms with Gasteiger partial charge in [0.15, 0.2) is 0 Å². The van der Waals surface area contributed by atoms with Crippen molar-refractivity contribution >= 4 is 28.3 Å². The molecule has 1 fully saturated rings. The van der Waals surface area contributed by atoms with Crippen LogP contribution in [0.5, 0.6) is 0 Å². The van der Waals surface area contributed by atoms with Crippen molar-refractivity contribution in [1.29, 1.82) is 0 Å². The summed E-state index contributed by atoms with van der Waals surface area (Å²) in [6.07, 6.45) is 3.53. The summed E-state index contributed by atoms with van der Waals surface area (Å²) in [4.78, 5) is 26.2. The van der Waals surface area contributed by atoms with E-state index in [0.29, 0.717) is 25.9 Å². The molecule has 1 heterocycles. The SMILES string of the molecule is NCCCC[C@H](Nc1cccc2ccccc12)C(=O)N1CCC[C@@H]1C(=O)O. The molecular weight excluding hydrogens is 342 g/mol. The molecule has 0 aromatic heterocycles. The highest BCUT2D eigenvalue weighted by Crippen LogP contribution is 2.26. The van der Waals surface area contributed by atoms with Gasteiger partial charge < -0.3 is 21.1 Å². The predicted octanol–water partition coefficient (Wildman–Crippen LogP) is 2.82. The molecule has 1 aliphatic heterocycles. The number of fused-ring (bicyclic) bond motifs is 1. The van der Waals surface area contributed by atoms with E-state index >= 15 is 0 Å². The number of anilines is 1. The molecule has 2 atom stereocenters. The molecule has 0 bridgehead atoms. The molecule has 6 heteroatoms. The lowest BCUT2D eigenvalue weighted by Crippen LogP contribution is -2.47. The number of hydrogen-bond donors (Lipinski definition) is 3. The number of hydrogen-bond acceptors (Lipinski definition) is 4. The van der Waals surface area contributed by atoms with Gasteiger partial charge in [-0.1, -0.05) is 36.4 Å². The monoisotopic (exact) mass is 369 g/mol. The van der Waals surface area contributed by atoms with Crippen molar-refractivity contribution in [3.63, 3.8) is 0 Å². The normalized spacial score (nSPS) is 17.8. The van der Waals surface area contributed by atoms with Crippen LogP contribution < -0.4 is 11.1 Å². The number of carboxylic acid groups (broad SMARTS) is 1. The van der Waals surface area contributed by atoms with Gasteiger partial charge in [0.25, 0.3) is 0 Å². The van der Waals surface area contributed by atoms with Crippen LogP contribution in [-0.2, 0) is 9.59 Å². The fraction of sp³-hybridized carbons (Fsp3) is 0.429. The second kappa shape index (κ2) is 8.86. The largest absolute Gasteiger partial charge is 0.480 e. The van der Waals surface area contributed by atoms with Crippen LogP contribution in [0.1, 0.15) is 32.1 Å². The summed E-state index contributed by atoms with van der Waals surface area (Å²) in [5.74, 6) is -1.06. The van der Waals surface area contributed by atoms with E-state index in [1.807, 2.05) is 42.5 Å². The maximum absolute atomic E-state index is 13.2. The van der Waals surface area contributed by atoms with E-state index in [-0.39, 0.29) is 5.91 Å². The molecule has 0 saturated carbocycles. The summed E-state index contributed by atoms with van der Waals surface area (Å²) in [6.45, 7) is 1.08. The van der Waals surface area contributed by atoms with Gasteiger partial charge in [0.2, 0.25) is 5.91 Å². The molecule has 1 saturated heterocycles. The van der Waals surface area contributed by atoms with E-state index in [0.717, 1.165) is 35.7 Å². The Hall–Kier alpha value is -2.60. The summed E-state index contributed by atoms with van der Waals surface area (Å²) < 4.78 is 0. The molecule has 3 rings (SSSR count). The maximum Gasteiger partial charge on any atom is 0.326 e. The lowest BCUT2D eigenvalue weighted by Gasteiger charge is -2.28. The van der Waals surface area contributed by atoms with Gasteiger partial charge in [0, 0.05) is 17.6 Å². The first-order valence-electron chi connectivity index (χ1n) is 9.59. The number of carboxylic acids is 1. The number of rotatable bonds is 8. The van der Waals surface area contributed by atoms with Crippen molar-refractivity contribution in [3.05, 3.63) is 42.5 Å². The Morgan fingerprint density at radius 3 is 2.74 bits per heavy atom. The van der Waals surface area contributed by atoms with Crippen LogP contribution in [0.25, 0.3) is 10.8 Å². The molecule has 1 amide bonds. The molecule has 144 valence electrons. The van der Waals surface area contributed by atoms with Crippen molar-refractivity contribution in [3.8, 4) is 0 Å². The van der Waals surface area contributed by atoms with Crippen molar-refractivity contribution < 1.29 is 14.7 Å². The summed E-state index contributed by atoms with van der Waals surface area (Å²) in [7, 11) is 0. The van der Waals surface area contributed by atoms with Gasteiger partial charge in [-0.25, -0.2) is 4.79 Å². The number of carbonyl (C=O) groups excluding carboxylic acids is 1. The summed E-state index contributed by atoms with van der Waals surface area (Å²) >= 11 is 0. The lowest BCUT2D eigenvalue weighted by molar-refractivity contribution is -0.148. The zero-order valence-electron chi connectivity index (χ0n) is 15.4. The van der Waals surface area contributed by atoms with Crippen molar-refractivity contribution in [1.82, 2.24) is 4.90 Å². The second-order valence-electron chi connectivity index (χ2n) is 7.04. The number of nitrogens with two attached hydrogens (primary N) is 1. The minimum absolute atomic E-state index is 0.134. The zero-order valence-corrected chi connectivity index (χ0v) is 15.4. The molecule has 0 unspecified atom stereocenters. The second-order valence-corrected chi connectivity index (χ2v) is 7.04. The molecule has 4 N–H and O–H groups in total. The molecule has 27 heavy (non-hydrogen) atoms. The number of benzene rings is 2. The van der Waals surface area contributed by atoms with E-state index in [1.165, 1.54) is 4.90 Å². The first kappa shape index (κ1) is 19.2. The zero-order chi connectivity index (χ0) is 19.2. The standard InChI is InChI=1S/C21H27N3O3/c22-13-4-3-10-18(20(25)24-14-6-12-19(24)21(26)27)23-17-11-5-8-15-7-1-2-9-16(15)17/h1-2,5,7-9,11,18-19,23H,3-4,6,10,12-14,22H2,(H,26,27)/t18-,19+/m0/s1. The van der Waals surface area contributed by atoms with Crippen LogP contribution in [0.2, 0.25) is 0 Å². The molecular formula is C21H27N3O3. The van der Waals surface area contributed by atoms with E-state index in [4.69, 9.17) is 5.73 Å². The van der Waals surface area contributed by atoms with Crippen LogP contribution in [0, 0.1) is 0 Å². The molecule has 2 aromatic carbocycles. The summed E-state index contributed by atoms with van der Waals surface area (Å²) in [5, 5.41) is 15.0. The minimum atomic E-state index is -0.924. The highest BCUT2D eigenvalue weighted by molar-refractivity contribution is 5.96. The number of nitrogens with zero attached hydrogens (tertiary/aromatic N) is 1. The topological polar surface area (TPSA) is 95.7 Å². The first-order valence-corrected chi connectivity index (χ1v) is 9.59. The Bertz CT molecular complexity index is 803. The average molecular weight is 369 g/mol. The van der Waals surface area contributed by atoms with Crippen LogP contribution in [0.15, 0.2) is 42.5 Å². The van der Waals surface area contributed by atoms with Crippen LogP contribution in [-0.4, -0.2) is 47.1 Å². The third-order valence-electron chi connectivity index (χ3n) is 5.19. The van der Waals surface area contributed by atoms with Gasteiger partial charge >= 0.3 is 5.97 Å². The Kier molecular flexibility index (Phi) is 6.29. The summed E-state index contributed by atoms with van der Waals surface area (Å²) in [5.41, 5.74) is 6.50. The van der Waals surface area contributed by atoms with Crippen LogP contribution >= 0.6 is 0 Å².